The highest BCUT2D eigenvalue weighted by atomic mass is 14.5. The lowest BCUT2D eigenvalue weighted by molar-refractivity contribution is 0.111. The van der Waals surface area contributed by atoms with Crippen LogP contribution in [-0.2, 0) is 0 Å². The molecule has 0 heterocycles. The monoisotopic (exact) mass is 108 g/mol. The van der Waals surface area contributed by atoms with Crippen molar-refractivity contribution in [1.82, 2.24) is 0 Å². The third kappa shape index (κ3) is 0.331. The van der Waals surface area contributed by atoms with E-state index in [9.17, 15) is 0 Å². The first kappa shape index (κ1) is 4.60. The molecule has 2 aliphatic carbocycles. The van der Waals surface area contributed by atoms with Gasteiger partial charge in [0.05, 0.1) is 0 Å². The molecular weight excluding hydrogens is 96.1 g/mol. The van der Waals surface area contributed by atoms with Gasteiger partial charge >= 0.3 is 0 Å². The van der Waals surface area contributed by atoms with Gasteiger partial charge in [-0.05, 0) is 31.1 Å². The first-order chi connectivity index (χ1) is 3.83. The first-order valence-corrected chi connectivity index (χ1v) is 3.52. The van der Waals surface area contributed by atoms with Gasteiger partial charge in [0.1, 0.15) is 0 Å². The molecule has 0 bridgehead atoms. The Bertz CT molecular complexity index is 123. The highest BCUT2D eigenvalue weighted by Crippen LogP contribution is 2.58. The fraction of sp³-hybridized carbons (Fsp3) is 0.750. The van der Waals surface area contributed by atoms with Crippen LogP contribution in [0.3, 0.4) is 0 Å². The molecule has 0 saturated heterocycles. The van der Waals surface area contributed by atoms with Crippen molar-refractivity contribution in [1.29, 1.82) is 0 Å². The molecule has 2 aliphatic rings. The third-order valence-electron chi connectivity index (χ3n) is 2.97. The Hall–Kier alpha value is -0.260. The Morgan fingerprint density at radius 3 is 2.00 bits per heavy atom. The van der Waals surface area contributed by atoms with E-state index in [1.165, 1.54) is 32.1 Å². The minimum atomic E-state index is 0.708. The smallest absolute Gasteiger partial charge is 0.00877 e. The van der Waals surface area contributed by atoms with E-state index < -0.39 is 0 Å². The maximum atomic E-state index is 4.04. The second-order valence-electron chi connectivity index (χ2n) is 3.24. The molecule has 0 atom stereocenters. The van der Waals surface area contributed by atoms with Crippen molar-refractivity contribution in [3.05, 3.63) is 12.2 Å². The lowest BCUT2D eigenvalue weighted by Crippen LogP contribution is -2.38. The van der Waals surface area contributed by atoms with Gasteiger partial charge in [0.15, 0.2) is 0 Å². The van der Waals surface area contributed by atoms with Crippen LogP contribution < -0.4 is 0 Å². The molecule has 0 amide bonds. The van der Waals surface area contributed by atoms with Gasteiger partial charge in [0.2, 0.25) is 0 Å². The number of hydrogen-bond donors (Lipinski definition) is 0. The average Bonchev–Trinajstić information content (AvgIpc) is 1.58. The minimum absolute atomic E-state index is 0.708. The molecule has 0 radical (unpaired) electrons. The molecular formula is C8H12. The number of rotatable bonds is 0. The molecule has 0 aromatic rings. The summed E-state index contributed by atoms with van der Waals surface area (Å²) in [6, 6.07) is 0. The van der Waals surface area contributed by atoms with Crippen molar-refractivity contribution in [2.45, 2.75) is 32.1 Å². The largest absolute Gasteiger partial charge is 0.0993 e. The SMILES string of the molecule is C=C1CCC12CCC2. The second-order valence-corrected chi connectivity index (χ2v) is 3.24. The van der Waals surface area contributed by atoms with Gasteiger partial charge < -0.3 is 0 Å². The van der Waals surface area contributed by atoms with Crippen molar-refractivity contribution in [3.63, 3.8) is 0 Å². The van der Waals surface area contributed by atoms with Gasteiger partial charge in [0, 0.05) is 0 Å². The number of allylic oxidation sites excluding steroid dienone is 1. The van der Waals surface area contributed by atoms with E-state index in [1.54, 1.807) is 5.57 Å². The van der Waals surface area contributed by atoms with Crippen LogP contribution in [0.4, 0.5) is 0 Å². The molecule has 1 spiro atoms. The van der Waals surface area contributed by atoms with Gasteiger partial charge in [-0.1, -0.05) is 18.6 Å². The van der Waals surface area contributed by atoms with E-state index in [1.807, 2.05) is 0 Å². The van der Waals surface area contributed by atoms with Crippen molar-refractivity contribution in [2.75, 3.05) is 0 Å². The molecule has 0 aromatic heterocycles. The summed E-state index contributed by atoms with van der Waals surface area (Å²) in [6.45, 7) is 4.04. The molecule has 0 aliphatic heterocycles. The van der Waals surface area contributed by atoms with Gasteiger partial charge in [-0.2, -0.15) is 0 Å². The summed E-state index contributed by atoms with van der Waals surface area (Å²) in [5, 5.41) is 0. The number of hydrogen-bond acceptors (Lipinski definition) is 0. The summed E-state index contributed by atoms with van der Waals surface area (Å²) < 4.78 is 0. The molecule has 0 N–H and O–H groups in total. The molecule has 0 nitrogen and oxygen atoms in total. The van der Waals surface area contributed by atoms with Crippen molar-refractivity contribution < 1.29 is 0 Å². The first-order valence-electron chi connectivity index (χ1n) is 3.52. The predicted molar refractivity (Wildman–Crippen MR) is 34.7 cm³/mol. The van der Waals surface area contributed by atoms with Crippen LogP contribution in [0.25, 0.3) is 0 Å². The van der Waals surface area contributed by atoms with Crippen LogP contribution in [0.2, 0.25) is 0 Å². The van der Waals surface area contributed by atoms with E-state index in [0.29, 0.717) is 5.41 Å². The van der Waals surface area contributed by atoms with E-state index in [4.69, 9.17) is 0 Å². The topological polar surface area (TPSA) is 0 Å². The maximum absolute atomic E-state index is 4.04. The summed E-state index contributed by atoms with van der Waals surface area (Å²) in [5.74, 6) is 0. The quantitative estimate of drug-likeness (QED) is 0.418. The van der Waals surface area contributed by atoms with E-state index >= 15 is 0 Å². The lowest BCUT2D eigenvalue weighted by atomic mass is 9.54. The normalized spacial score (nSPS) is 31.8. The summed E-state index contributed by atoms with van der Waals surface area (Å²) in [7, 11) is 0. The fourth-order valence-electron chi connectivity index (χ4n) is 1.86. The van der Waals surface area contributed by atoms with Crippen molar-refractivity contribution in [2.24, 2.45) is 5.41 Å². The molecule has 0 aromatic carbocycles. The Morgan fingerprint density at radius 2 is 2.00 bits per heavy atom. The standard InChI is InChI=1S/C8H12/c1-7-3-6-8(7)4-2-5-8/h1-6H2. The Balaban J connectivity index is 2.14. The summed E-state index contributed by atoms with van der Waals surface area (Å²) >= 11 is 0. The second kappa shape index (κ2) is 1.18. The maximum Gasteiger partial charge on any atom is -0.00877 e. The molecule has 2 fully saturated rings. The fourth-order valence-corrected chi connectivity index (χ4v) is 1.86. The molecule has 44 valence electrons. The molecule has 2 rings (SSSR count). The van der Waals surface area contributed by atoms with Crippen LogP contribution in [0.15, 0.2) is 12.2 Å². The summed E-state index contributed by atoms with van der Waals surface area (Å²) in [5.41, 5.74) is 2.25. The average molecular weight is 108 g/mol. The third-order valence-corrected chi connectivity index (χ3v) is 2.97. The Labute approximate surface area is 50.6 Å². The van der Waals surface area contributed by atoms with Crippen LogP contribution in [0.1, 0.15) is 32.1 Å². The van der Waals surface area contributed by atoms with Crippen LogP contribution in [0.5, 0.6) is 0 Å². The Morgan fingerprint density at radius 1 is 1.25 bits per heavy atom. The van der Waals surface area contributed by atoms with Gasteiger partial charge in [-0.3, -0.25) is 0 Å². The van der Waals surface area contributed by atoms with Crippen LogP contribution in [0, 0.1) is 5.41 Å². The Kier molecular flexibility index (Phi) is 0.677. The zero-order valence-electron chi connectivity index (χ0n) is 5.24. The van der Waals surface area contributed by atoms with E-state index in [-0.39, 0.29) is 0 Å². The lowest BCUT2D eigenvalue weighted by Gasteiger charge is -2.51. The summed E-state index contributed by atoms with van der Waals surface area (Å²) in [4.78, 5) is 0. The molecule has 2 saturated carbocycles. The van der Waals surface area contributed by atoms with E-state index in [2.05, 4.69) is 6.58 Å². The molecule has 8 heavy (non-hydrogen) atoms. The highest BCUT2D eigenvalue weighted by molar-refractivity contribution is 5.22. The van der Waals surface area contributed by atoms with Crippen LogP contribution >= 0.6 is 0 Å². The zero-order valence-corrected chi connectivity index (χ0v) is 5.24. The van der Waals surface area contributed by atoms with Gasteiger partial charge in [-0.15, -0.1) is 0 Å². The van der Waals surface area contributed by atoms with Gasteiger partial charge in [-0.25, -0.2) is 0 Å². The molecule has 0 heteroatoms. The zero-order chi connectivity index (χ0) is 5.61. The van der Waals surface area contributed by atoms with E-state index in [0.717, 1.165) is 0 Å². The highest BCUT2D eigenvalue weighted by Gasteiger charge is 2.44. The van der Waals surface area contributed by atoms with Crippen molar-refractivity contribution >= 4 is 0 Å². The predicted octanol–water partition coefficient (Wildman–Crippen LogP) is 2.51. The molecule has 0 unspecified atom stereocenters. The summed E-state index contributed by atoms with van der Waals surface area (Å²) in [6.07, 6.45) is 7.13. The van der Waals surface area contributed by atoms with Crippen molar-refractivity contribution in [3.8, 4) is 0 Å². The van der Waals surface area contributed by atoms with Crippen LogP contribution in [-0.4, -0.2) is 0 Å². The minimum Gasteiger partial charge on any atom is -0.0993 e. The van der Waals surface area contributed by atoms with Gasteiger partial charge in [0.25, 0.3) is 0 Å².